The summed E-state index contributed by atoms with van der Waals surface area (Å²) in [5, 5.41) is 9.45. The number of carboxylic acids is 1. The molecule has 0 atom stereocenters. The van der Waals surface area contributed by atoms with Gasteiger partial charge in [0.2, 0.25) is 0 Å². The zero-order valence-corrected chi connectivity index (χ0v) is 9.90. The third-order valence-electron chi connectivity index (χ3n) is 2.56. The van der Waals surface area contributed by atoms with E-state index in [2.05, 4.69) is 4.98 Å². The molecule has 1 aromatic carbocycles. The lowest BCUT2D eigenvalue weighted by atomic mass is 10.0. The number of aromatic carboxylic acids is 1. The van der Waals surface area contributed by atoms with Crippen molar-refractivity contribution in [3.63, 3.8) is 0 Å². The van der Waals surface area contributed by atoms with Gasteiger partial charge in [-0.3, -0.25) is 0 Å². The summed E-state index contributed by atoms with van der Waals surface area (Å²) >= 11 is 6.03. The summed E-state index contributed by atoms with van der Waals surface area (Å²) in [6, 6.07) is 8.82. The van der Waals surface area contributed by atoms with E-state index in [0.29, 0.717) is 5.02 Å². The summed E-state index contributed by atoms with van der Waals surface area (Å²) in [5.41, 5.74) is 2.81. The third kappa shape index (κ3) is 2.29. The molecule has 0 aliphatic heterocycles. The number of hydrogen-bond acceptors (Lipinski definition) is 2. The zero-order valence-electron chi connectivity index (χ0n) is 9.14. The first-order chi connectivity index (χ1) is 8.09. The summed E-state index contributed by atoms with van der Waals surface area (Å²) in [7, 11) is 0. The fraction of sp³-hybridized carbons (Fsp3) is 0.0769. The summed E-state index contributed by atoms with van der Waals surface area (Å²) < 4.78 is 0. The van der Waals surface area contributed by atoms with Gasteiger partial charge in [-0.2, -0.15) is 0 Å². The number of carbonyl (C=O) groups is 1. The summed E-state index contributed by atoms with van der Waals surface area (Å²) in [4.78, 5) is 14.6. The molecular weight excluding hydrogens is 238 g/mol. The van der Waals surface area contributed by atoms with Crippen molar-refractivity contribution in [1.82, 2.24) is 4.98 Å². The first-order valence-electron chi connectivity index (χ1n) is 5.04. The van der Waals surface area contributed by atoms with Crippen LogP contribution in [-0.4, -0.2) is 16.1 Å². The molecule has 1 N–H and O–H groups in total. The maximum Gasteiger partial charge on any atom is 0.354 e. The van der Waals surface area contributed by atoms with Gasteiger partial charge >= 0.3 is 5.97 Å². The number of carboxylic acid groups (broad SMARTS) is 1. The lowest BCUT2D eigenvalue weighted by Crippen LogP contribution is -1.99. The molecular formula is C13H10ClNO2. The van der Waals surface area contributed by atoms with Gasteiger partial charge in [0.15, 0.2) is 0 Å². The van der Waals surface area contributed by atoms with E-state index in [1.807, 2.05) is 25.1 Å². The lowest BCUT2D eigenvalue weighted by molar-refractivity contribution is 0.0690. The van der Waals surface area contributed by atoms with Crippen molar-refractivity contribution < 1.29 is 9.90 Å². The van der Waals surface area contributed by atoms with Crippen LogP contribution >= 0.6 is 11.6 Å². The molecule has 4 heteroatoms. The molecule has 17 heavy (non-hydrogen) atoms. The van der Waals surface area contributed by atoms with Crippen LogP contribution in [0.15, 0.2) is 36.5 Å². The maximum absolute atomic E-state index is 10.7. The first-order valence-corrected chi connectivity index (χ1v) is 5.42. The van der Waals surface area contributed by atoms with E-state index in [1.54, 1.807) is 12.3 Å². The largest absolute Gasteiger partial charge is 0.477 e. The second-order valence-corrected chi connectivity index (χ2v) is 4.06. The molecule has 2 aromatic rings. The Hall–Kier alpha value is -1.87. The van der Waals surface area contributed by atoms with E-state index in [9.17, 15) is 4.79 Å². The SMILES string of the molecule is Cc1c(Cl)cccc1-c1ccc(C(=O)O)nc1. The van der Waals surface area contributed by atoms with Gasteiger partial charge in [-0.15, -0.1) is 0 Å². The lowest BCUT2D eigenvalue weighted by Gasteiger charge is -2.07. The maximum atomic E-state index is 10.7. The quantitative estimate of drug-likeness (QED) is 0.885. The minimum absolute atomic E-state index is 0.0356. The Morgan fingerprint density at radius 1 is 1.29 bits per heavy atom. The minimum atomic E-state index is -1.03. The summed E-state index contributed by atoms with van der Waals surface area (Å²) in [6.07, 6.45) is 1.54. The van der Waals surface area contributed by atoms with Crippen LogP contribution < -0.4 is 0 Å². The highest BCUT2D eigenvalue weighted by Crippen LogP contribution is 2.27. The number of nitrogens with zero attached hydrogens (tertiary/aromatic N) is 1. The molecule has 3 nitrogen and oxygen atoms in total. The van der Waals surface area contributed by atoms with E-state index in [4.69, 9.17) is 16.7 Å². The monoisotopic (exact) mass is 247 g/mol. The number of benzene rings is 1. The van der Waals surface area contributed by atoms with E-state index < -0.39 is 5.97 Å². The van der Waals surface area contributed by atoms with Crippen LogP contribution in [0.2, 0.25) is 5.02 Å². The molecule has 0 aliphatic carbocycles. The molecule has 1 heterocycles. The number of halogens is 1. The molecule has 0 saturated heterocycles. The molecule has 0 unspecified atom stereocenters. The average Bonchev–Trinajstić information content (AvgIpc) is 2.33. The Balaban J connectivity index is 2.47. The van der Waals surface area contributed by atoms with Crippen molar-refractivity contribution in [1.29, 1.82) is 0 Å². The Kier molecular flexibility index (Phi) is 3.11. The second-order valence-electron chi connectivity index (χ2n) is 3.65. The van der Waals surface area contributed by atoms with Gasteiger partial charge in [0, 0.05) is 16.8 Å². The van der Waals surface area contributed by atoms with E-state index in [0.717, 1.165) is 16.7 Å². The highest BCUT2D eigenvalue weighted by molar-refractivity contribution is 6.31. The number of aromatic nitrogens is 1. The van der Waals surface area contributed by atoms with Crippen LogP contribution in [0.3, 0.4) is 0 Å². The second kappa shape index (κ2) is 4.55. The number of hydrogen-bond donors (Lipinski definition) is 1. The Morgan fingerprint density at radius 2 is 2.06 bits per heavy atom. The van der Waals surface area contributed by atoms with Crippen molar-refractivity contribution in [2.45, 2.75) is 6.92 Å². The van der Waals surface area contributed by atoms with Crippen molar-refractivity contribution in [3.05, 3.63) is 52.8 Å². The minimum Gasteiger partial charge on any atom is -0.477 e. The fourth-order valence-corrected chi connectivity index (χ4v) is 1.77. The molecule has 0 saturated carbocycles. The van der Waals surface area contributed by atoms with Gasteiger partial charge in [0.25, 0.3) is 0 Å². The predicted octanol–water partition coefficient (Wildman–Crippen LogP) is 3.41. The van der Waals surface area contributed by atoms with Gasteiger partial charge in [-0.1, -0.05) is 29.8 Å². The zero-order chi connectivity index (χ0) is 12.4. The molecule has 0 amide bonds. The van der Waals surface area contributed by atoms with Crippen molar-refractivity contribution >= 4 is 17.6 Å². The first kappa shape index (κ1) is 11.6. The molecule has 0 radical (unpaired) electrons. The number of pyridine rings is 1. The van der Waals surface area contributed by atoms with Crippen LogP contribution in [0, 0.1) is 6.92 Å². The van der Waals surface area contributed by atoms with Crippen LogP contribution in [-0.2, 0) is 0 Å². The topological polar surface area (TPSA) is 50.2 Å². The predicted molar refractivity (Wildman–Crippen MR) is 66.4 cm³/mol. The van der Waals surface area contributed by atoms with Gasteiger partial charge in [-0.25, -0.2) is 9.78 Å². The van der Waals surface area contributed by atoms with Crippen LogP contribution in [0.25, 0.3) is 11.1 Å². The average molecular weight is 248 g/mol. The highest BCUT2D eigenvalue weighted by Gasteiger charge is 2.07. The standard InChI is InChI=1S/C13H10ClNO2/c1-8-10(3-2-4-11(8)14)9-5-6-12(13(16)17)15-7-9/h2-7H,1H3,(H,16,17). The molecule has 0 spiro atoms. The van der Waals surface area contributed by atoms with Crippen molar-refractivity contribution in [3.8, 4) is 11.1 Å². The van der Waals surface area contributed by atoms with Crippen LogP contribution in [0.5, 0.6) is 0 Å². The van der Waals surface area contributed by atoms with Gasteiger partial charge in [0.1, 0.15) is 5.69 Å². The Labute approximate surface area is 104 Å². The summed E-state index contributed by atoms with van der Waals surface area (Å²) in [6.45, 7) is 1.92. The van der Waals surface area contributed by atoms with Gasteiger partial charge < -0.3 is 5.11 Å². The Bertz CT molecular complexity index is 564. The van der Waals surface area contributed by atoms with Crippen molar-refractivity contribution in [2.75, 3.05) is 0 Å². The number of rotatable bonds is 2. The normalized spacial score (nSPS) is 10.2. The van der Waals surface area contributed by atoms with Crippen LogP contribution in [0.4, 0.5) is 0 Å². The van der Waals surface area contributed by atoms with Crippen molar-refractivity contribution in [2.24, 2.45) is 0 Å². The van der Waals surface area contributed by atoms with E-state index in [1.165, 1.54) is 6.07 Å². The molecule has 0 aliphatic rings. The van der Waals surface area contributed by atoms with E-state index >= 15 is 0 Å². The molecule has 2 rings (SSSR count). The molecule has 1 aromatic heterocycles. The smallest absolute Gasteiger partial charge is 0.354 e. The van der Waals surface area contributed by atoms with E-state index in [-0.39, 0.29) is 5.69 Å². The van der Waals surface area contributed by atoms with Gasteiger partial charge in [0.05, 0.1) is 0 Å². The fourth-order valence-electron chi connectivity index (χ4n) is 1.60. The molecule has 86 valence electrons. The summed E-state index contributed by atoms with van der Waals surface area (Å²) in [5.74, 6) is -1.03. The molecule has 0 fully saturated rings. The van der Waals surface area contributed by atoms with Crippen LogP contribution in [0.1, 0.15) is 16.1 Å². The Morgan fingerprint density at radius 3 is 2.65 bits per heavy atom. The molecule has 0 bridgehead atoms. The third-order valence-corrected chi connectivity index (χ3v) is 2.97. The van der Waals surface area contributed by atoms with Gasteiger partial charge in [-0.05, 0) is 30.2 Å². The highest BCUT2D eigenvalue weighted by atomic mass is 35.5.